The van der Waals surface area contributed by atoms with Gasteiger partial charge < -0.3 is 14.5 Å². The van der Waals surface area contributed by atoms with E-state index in [-0.39, 0.29) is 29.1 Å². The van der Waals surface area contributed by atoms with Gasteiger partial charge in [-0.1, -0.05) is 0 Å². The van der Waals surface area contributed by atoms with Gasteiger partial charge in [0.15, 0.2) is 17.4 Å². The number of rotatable bonds is 5. The van der Waals surface area contributed by atoms with E-state index in [2.05, 4.69) is 19.9 Å². The summed E-state index contributed by atoms with van der Waals surface area (Å²) < 4.78 is 33.7. The van der Waals surface area contributed by atoms with Crippen molar-refractivity contribution in [2.45, 2.75) is 25.7 Å². The van der Waals surface area contributed by atoms with Crippen molar-refractivity contribution in [1.82, 2.24) is 15.0 Å². The molecule has 3 heterocycles. The van der Waals surface area contributed by atoms with Gasteiger partial charge in [0.1, 0.15) is 17.3 Å². The Kier molecular flexibility index (Phi) is 5.20. The maximum absolute atomic E-state index is 14.3. The number of aliphatic imine (C=N–C) groups is 1. The SMILES string of the molecule is O=C(O)[C@@H]1C2CCC(CC2)C1C=Nc1cc(-c2ccco2)nc(-c2c[nH]c3c(F)cc(F)cc23)n1. The van der Waals surface area contributed by atoms with Crippen LogP contribution in [0.2, 0.25) is 0 Å². The molecule has 1 aromatic carbocycles. The van der Waals surface area contributed by atoms with Gasteiger partial charge in [-0.15, -0.1) is 0 Å². The minimum Gasteiger partial charge on any atom is -0.481 e. The molecule has 178 valence electrons. The highest BCUT2D eigenvalue weighted by Gasteiger charge is 2.46. The summed E-state index contributed by atoms with van der Waals surface area (Å²) in [7, 11) is 0. The Hall–Kier alpha value is -3.88. The van der Waals surface area contributed by atoms with Crippen molar-refractivity contribution in [3.63, 3.8) is 0 Å². The zero-order valence-corrected chi connectivity index (χ0v) is 18.6. The number of halogens is 2. The number of aromatic nitrogens is 3. The van der Waals surface area contributed by atoms with E-state index in [1.807, 2.05) is 0 Å². The molecule has 3 saturated carbocycles. The fourth-order valence-electron chi connectivity index (χ4n) is 5.75. The van der Waals surface area contributed by atoms with Crippen molar-refractivity contribution in [2.24, 2.45) is 28.7 Å². The van der Waals surface area contributed by atoms with Crippen molar-refractivity contribution < 1.29 is 23.1 Å². The van der Waals surface area contributed by atoms with Crippen LogP contribution in [0.1, 0.15) is 25.7 Å². The predicted molar refractivity (Wildman–Crippen MR) is 125 cm³/mol. The molecule has 3 aromatic heterocycles. The number of nitrogens with one attached hydrogen (secondary N) is 1. The Morgan fingerprint density at radius 1 is 1.14 bits per heavy atom. The van der Waals surface area contributed by atoms with E-state index >= 15 is 0 Å². The molecular weight excluding hydrogens is 454 g/mol. The number of furan rings is 1. The molecule has 3 fully saturated rings. The molecule has 1 unspecified atom stereocenters. The number of nitrogens with zero attached hydrogens (tertiary/aromatic N) is 3. The van der Waals surface area contributed by atoms with Crippen LogP contribution in [0.25, 0.3) is 33.7 Å². The van der Waals surface area contributed by atoms with Crippen LogP contribution in [0, 0.1) is 35.3 Å². The fraction of sp³-hybridized carbons (Fsp3) is 0.308. The van der Waals surface area contributed by atoms with Crippen molar-refractivity contribution in [3.05, 3.63) is 54.4 Å². The van der Waals surface area contributed by atoms with Crippen molar-refractivity contribution >= 4 is 28.9 Å². The van der Waals surface area contributed by atoms with Gasteiger partial charge in [-0.05, 0) is 55.7 Å². The van der Waals surface area contributed by atoms with Crippen LogP contribution in [-0.2, 0) is 4.79 Å². The summed E-state index contributed by atoms with van der Waals surface area (Å²) in [5.74, 6) is -1.32. The van der Waals surface area contributed by atoms with Crippen LogP contribution >= 0.6 is 0 Å². The molecule has 7 rings (SSSR count). The molecule has 0 radical (unpaired) electrons. The second-order valence-electron chi connectivity index (χ2n) is 9.32. The number of aromatic amines is 1. The normalized spacial score (nSPS) is 23.9. The number of carboxylic acids is 1. The standard InChI is InChI=1S/C26H22F2N4O3/c27-15-8-16-18(12-30-24(16)19(28)9-15)25-31-20(21-2-1-7-35-21)10-22(32-25)29-11-17-13-3-5-14(6-4-13)23(17)26(33)34/h1-2,7-14,17,23,30H,3-6H2,(H,33,34)/t13?,14?,17?,23-/m1/s1. The lowest BCUT2D eigenvalue weighted by Crippen LogP contribution is -2.44. The molecule has 0 aliphatic heterocycles. The lowest BCUT2D eigenvalue weighted by atomic mass is 9.59. The summed E-state index contributed by atoms with van der Waals surface area (Å²) >= 11 is 0. The first-order valence-corrected chi connectivity index (χ1v) is 11.6. The highest BCUT2D eigenvalue weighted by molar-refractivity contribution is 5.94. The van der Waals surface area contributed by atoms with Gasteiger partial charge in [-0.3, -0.25) is 4.79 Å². The van der Waals surface area contributed by atoms with E-state index in [9.17, 15) is 18.7 Å². The zero-order chi connectivity index (χ0) is 24.1. The lowest BCUT2D eigenvalue weighted by molar-refractivity contribution is -0.149. The molecule has 2 N–H and O–H groups in total. The largest absolute Gasteiger partial charge is 0.481 e. The highest BCUT2D eigenvalue weighted by Crippen LogP contribution is 2.48. The van der Waals surface area contributed by atoms with Crippen LogP contribution in [0.4, 0.5) is 14.6 Å². The van der Waals surface area contributed by atoms with Crippen LogP contribution in [0.3, 0.4) is 0 Å². The second-order valence-corrected chi connectivity index (χ2v) is 9.32. The lowest BCUT2D eigenvalue weighted by Gasteiger charge is -2.45. The van der Waals surface area contributed by atoms with Crippen molar-refractivity contribution in [1.29, 1.82) is 0 Å². The number of carboxylic acid groups (broad SMARTS) is 1. The third-order valence-electron chi connectivity index (χ3n) is 7.38. The molecule has 0 saturated heterocycles. The number of carbonyl (C=O) groups is 1. The van der Waals surface area contributed by atoms with E-state index in [1.54, 1.807) is 24.4 Å². The van der Waals surface area contributed by atoms with Crippen LogP contribution in [-0.4, -0.2) is 32.2 Å². The van der Waals surface area contributed by atoms with Gasteiger partial charge in [0.25, 0.3) is 0 Å². The van der Waals surface area contributed by atoms with E-state index in [4.69, 9.17) is 4.42 Å². The van der Waals surface area contributed by atoms with Gasteiger partial charge in [0, 0.05) is 41.4 Å². The van der Waals surface area contributed by atoms with Gasteiger partial charge >= 0.3 is 5.97 Å². The van der Waals surface area contributed by atoms with Crippen molar-refractivity contribution in [3.8, 4) is 22.8 Å². The van der Waals surface area contributed by atoms with Gasteiger partial charge in [-0.2, -0.15) is 0 Å². The first kappa shape index (κ1) is 21.6. The maximum atomic E-state index is 14.3. The summed E-state index contributed by atoms with van der Waals surface area (Å²) in [5, 5.41) is 10.2. The molecule has 3 aliphatic rings. The Labute approximate surface area is 198 Å². The summed E-state index contributed by atoms with van der Waals surface area (Å²) in [4.78, 5) is 28.5. The highest BCUT2D eigenvalue weighted by atomic mass is 19.1. The fourth-order valence-corrected chi connectivity index (χ4v) is 5.75. The first-order valence-electron chi connectivity index (χ1n) is 11.6. The summed E-state index contributed by atoms with van der Waals surface area (Å²) in [6.07, 6.45) is 8.67. The average molecular weight is 476 g/mol. The average Bonchev–Trinajstić information content (AvgIpc) is 3.53. The zero-order valence-electron chi connectivity index (χ0n) is 18.6. The molecule has 0 spiro atoms. The van der Waals surface area contributed by atoms with E-state index in [0.29, 0.717) is 28.2 Å². The third-order valence-corrected chi connectivity index (χ3v) is 7.38. The van der Waals surface area contributed by atoms with E-state index in [0.717, 1.165) is 31.7 Å². The topological polar surface area (TPSA) is 104 Å². The molecule has 0 amide bonds. The third kappa shape index (κ3) is 3.80. The van der Waals surface area contributed by atoms with Gasteiger partial charge in [0.05, 0.1) is 17.7 Å². The molecule has 9 heteroatoms. The Balaban J connectivity index is 1.44. The number of hydrogen-bond donors (Lipinski definition) is 2. The Bertz CT molecular complexity index is 1440. The maximum Gasteiger partial charge on any atom is 0.307 e. The molecule has 3 aliphatic carbocycles. The number of benzene rings is 1. The molecule has 35 heavy (non-hydrogen) atoms. The number of hydrogen-bond acceptors (Lipinski definition) is 5. The van der Waals surface area contributed by atoms with Crippen LogP contribution in [0.5, 0.6) is 0 Å². The quantitative estimate of drug-likeness (QED) is 0.344. The molecular formula is C26H22F2N4O3. The van der Waals surface area contributed by atoms with Crippen LogP contribution in [0.15, 0.2) is 52.2 Å². The predicted octanol–water partition coefficient (Wildman–Crippen LogP) is 6.00. The molecule has 2 atom stereocenters. The van der Waals surface area contributed by atoms with E-state index in [1.165, 1.54) is 18.5 Å². The summed E-state index contributed by atoms with van der Waals surface area (Å²) in [6, 6.07) is 7.18. The van der Waals surface area contributed by atoms with E-state index < -0.39 is 23.5 Å². The Morgan fingerprint density at radius 2 is 1.94 bits per heavy atom. The summed E-state index contributed by atoms with van der Waals surface area (Å²) in [5.41, 5.74) is 1.03. The monoisotopic (exact) mass is 476 g/mol. The van der Waals surface area contributed by atoms with Gasteiger partial charge in [0.2, 0.25) is 0 Å². The number of fused-ring (bicyclic) bond motifs is 4. The van der Waals surface area contributed by atoms with Crippen molar-refractivity contribution in [2.75, 3.05) is 0 Å². The molecule has 2 bridgehead atoms. The first-order chi connectivity index (χ1) is 17.0. The minimum absolute atomic E-state index is 0.154. The smallest absolute Gasteiger partial charge is 0.307 e. The minimum atomic E-state index is -0.779. The Morgan fingerprint density at radius 3 is 2.69 bits per heavy atom. The molecule has 4 aromatic rings. The van der Waals surface area contributed by atoms with Gasteiger partial charge in [-0.25, -0.2) is 23.7 Å². The van der Waals surface area contributed by atoms with Crippen LogP contribution < -0.4 is 0 Å². The summed E-state index contributed by atoms with van der Waals surface area (Å²) in [6.45, 7) is 0. The second kappa shape index (κ2) is 8.41. The number of H-pyrrole nitrogens is 1. The molecule has 7 nitrogen and oxygen atoms in total. The number of aliphatic carboxylic acids is 1.